The number of aryl methyl sites for hydroxylation is 1. The number of ether oxygens (including phenoxy) is 1. The van der Waals surface area contributed by atoms with Gasteiger partial charge in [0.25, 0.3) is 5.91 Å². The molecule has 1 N–H and O–H groups in total. The second-order valence-electron chi connectivity index (χ2n) is 8.25. The van der Waals surface area contributed by atoms with Gasteiger partial charge in [-0.15, -0.1) is 0 Å². The van der Waals surface area contributed by atoms with E-state index in [1.165, 1.54) is 5.56 Å². The number of carbonyl (C=O) groups is 1. The molecule has 0 atom stereocenters. The first-order chi connectivity index (χ1) is 13.1. The lowest BCUT2D eigenvalue weighted by molar-refractivity contribution is -0.123. The number of halogens is 1. The monoisotopic (exact) mass is 444 g/mol. The van der Waals surface area contributed by atoms with Crippen LogP contribution in [0.3, 0.4) is 0 Å². The number of amides is 1. The van der Waals surface area contributed by atoms with Gasteiger partial charge in [0.2, 0.25) is 0 Å². The van der Waals surface area contributed by atoms with Gasteiger partial charge in [-0.1, -0.05) is 74.8 Å². The van der Waals surface area contributed by atoms with Gasteiger partial charge in [-0.2, -0.15) is 5.10 Å². The molecule has 0 bridgehead atoms. The topological polar surface area (TPSA) is 50.7 Å². The largest absolute Gasteiger partial charge is 0.483 e. The summed E-state index contributed by atoms with van der Waals surface area (Å²) in [5.74, 6) is 0.731. The van der Waals surface area contributed by atoms with Crippen molar-refractivity contribution in [3.63, 3.8) is 0 Å². The van der Waals surface area contributed by atoms with E-state index in [4.69, 9.17) is 4.74 Å². The molecule has 4 nitrogen and oxygen atoms in total. The van der Waals surface area contributed by atoms with Gasteiger partial charge in [-0.3, -0.25) is 4.79 Å². The van der Waals surface area contributed by atoms with Crippen LogP contribution >= 0.6 is 15.9 Å². The molecule has 0 saturated heterocycles. The highest BCUT2D eigenvalue weighted by atomic mass is 79.9. The molecule has 0 radical (unpaired) electrons. The maximum Gasteiger partial charge on any atom is 0.277 e. The second kappa shape index (κ2) is 9.37. The van der Waals surface area contributed by atoms with Crippen molar-refractivity contribution in [2.45, 2.75) is 52.9 Å². The molecule has 0 spiro atoms. The van der Waals surface area contributed by atoms with Crippen molar-refractivity contribution in [3.8, 4) is 5.75 Å². The molecular weight excluding hydrogens is 416 g/mol. The Kier molecular flexibility index (Phi) is 7.41. The standard InChI is InChI=1S/C23H29BrN2O2/c1-15(2)19-12-20(24)16(3)11-21(19)28-14-22(27)26-25-13-17-7-9-18(10-8-17)23(4,5)6/h7-13,15H,14H2,1-6H3,(H,26,27)/b25-13+. The van der Waals surface area contributed by atoms with Crippen LogP contribution in [0.5, 0.6) is 5.75 Å². The molecule has 5 heteroatoms. The molecule has 2 aromatic rings. The van der Waals surface area contributed by atoms with Gasteiger partial charge in [-0.05, 0) is 52.6 Å². The quantitative estimate of drug-likeness (QED) is 0.458. The van der Waals surface area contributed by atoms with E-state index in [0.29, 0.717) is 5.92 Å². The Hall–Kier alpha value is -2.14. The third kappa shape index (κ3) is 6.20. The van der Waals surface area contributed by atoms with Gasteiger partial charge in [0.05, 0.1) is 6.21 Å². The van der Waals surface area contributed by atoms with E-state index < -0.39 is 0 Å². The van der Waals surface area contributed by atoms with Gasteiger partial charge < -0.3 is 4.74 Å². The molecule has 0 aliphatic rings. The fourth-order valence-corrected chi connectivity index (χ4v) is 3.03. The third-order valence-corrected chi connectivity index (χ3v) is 5.31. The van der Waals surface area contributed by atoms with E-state index in [1.54, 1.807) is 6.21 Å². The fraction of sp³-hybridized carbons (Fsp3) is 0.391. The molecule has 150 valence electrons. The minimum Gasteiger partial charge on any atom is -0.483 e. The van der Waals surface area contributed by atoms with Gasteiger partial charge >= 0.3 is 0 Å². The normalized spacial score (nSPS) is 11.9. The zero-order valence-electron chi connectivity index (χ0n) is 17.5. The van der Waals surface area contributed by atoms with E-state index in [1.807, 2.05) is 31.2 Å². The molecule has 2 rings (SSSR count). The number of benzene rings is 2. The smallest absolute Gasteiger partial charge is 0.277 e. The lowest BCUT2D eigenvalue weighted by atomic mass is 9.87. The fourth-order valence-electron chi connectivity index (χ4n) is 2.67. The third-order valence-electron chi connectivity index (χ3n) is 4.45. The number of nitrogens with zero attached hydrogens (tertiary/aromatic N) is 1. The van der Waals surface area contributed by atoms with Gasteiger partial charge in [-0.25, -0.2) is 5.43 Å². The maximum absolute atomic E-state index is 12.1. The SMILES string of the molecule is Cc1cc(OCC(=O)N/N=C/c2ccc(C(C)(C)C)cc2)c(C(C)C)cc1Br. The number of rotatable bonds is 6. The summed E-state index contributed by atoms with van der Waals surface area (Å²) in [5, 5.41) is 4.02. The van der Waals surface area contributed by atoms with Crippen LogP contribution in [0.1, 0.15) is 62.8 Å². The van der Waals surface area contributed by atoms with Crippen LogP contribution in [-0.4, -0.2) is 18.7 Å². The Morgan fingerprint density at radius 1 is 1.21 bits per heavy atom. The predicted octanol–water partition coefficient (Wildman–Crippen LogP) is 5.71. The van der Waals surface area contributed by atoms with Crippen LogP contribution in [0.2, 0.25) is 0 Å². The predicted molar refractivity (Wildman–Crippen MR) is 119 cm³/mol. The number of nitrogens with one attached hydrogen (secondary N) is 1. The lowest BCUT2D eigenvalue weighted by Gasteiger charge is -2.18. The summed E-state index contributed by atoms with van der Waals surface area (Å²) >= 11 is 3.55. The highest BCUT2D eigenvalue weighted by molar-refractivity contribution is 9.10. The van der Waals surface area contributed by atoms with Crippen molar-refractivity contribution in [1.82, 2.24) is 5.43 Å². The van der Waals surface area contributed by atoms with Crippen molar-refractivity contribution in [2.24, 2.45) is 5.10 Å². The van der Waals surface area contributed by atoms with Crippen LogP contribution in [0, 0.1) is 6.92 Å². The number of hydrogen-bond donors (Lipinski definition) is 1. The van der Waals surface area contributed by atoms with Crippen molar-refractivity contribution < 1.29 is 9.53 Å². The summed E-state index contributed by atoms with van der Waals surface area (Å²) < 4.78 is 6.78. The van der Waals surface area contributed by atoms with Crippen molar-refractivity contribution in [2.75, 3.05) is 6.61 Å². The summed E-state index contributed by atoms with van der Waals surface area (Å²) in [4.78, 5) is 12.1. The number of carbonyl (C=O) groups excluding carboxylic acids is 1. The van der Waals surface area contributed by atoms with Crippen LogP contribution in [-0.2, 0) is 10.2 Å². The highest BCUT2D eigenvalue weighted by Crippen LogP contribution is 2.32. The first-order valence-corrected chi connectivity index (χ1v) is 10.2. The highest BCUT2D eigenvalue weighted by Gasteiger charge is 2.13. The second-order valence-corrected chi connectivity index (χ2v) is 9.10. The molecule has 0 fully saturated rings. The van der Waals surface area contributed by atoms with Crippen molar-refractivity contribution in [1.29, 1.82) is 0 Å². The average Bonchev–Trinajstić information content (AvgIpc) is 2.62. The number of hydrogen-bond acceptors (Lipinski definition) is 3. The van der Waals surface area contributed by atoms with Crippen LogP contribution < -0.4 is 10.2 Å². The Morgan fingerprint density at radius 3 is 2.43 bits per heavy atom. The van der Waals surface area contributed by atoms with Crippen LogP contribution in [0.15, 0.2) is 46.0 Å². The summed E-state index contributed by atoms with van der Waals surface area (Å²) in [6.45, 7) is 12.6. The van der Waals surface area contributed by atoms with E-state index in [9.17, 15) is 4.79 Å². The number of hydrazone groups is 1. The Bertz CT molecular complexity index is 850. The zero-order chi connectivity index (χ0) is 20.9. The summed E-state index contributed by atoms with van der Waals surface area (Å²) in [6.07, 6.45) is 1.63. The summed E-state index contributed by atoms with van der Waals surface area (Å²) in [5.41, 5.74) is 6.95. The van der Waals surface area contributed by atoms with E-state index in [-0.39, 0.29) is 17.9 Å². The molecule has 2 aromatic carbocycles. The Balaban J connectivity index is 1.93. The molecule has 28 heavy (non-hydrogen) atoms. The minimum atomic E-state index is -0.294. The molecular formula is C23H29BrN2O2. The molecule has 0 heterocycles. The molecule has 0 saturated carbocycles. The summed E-state index contributed by atoms with van der Waals surface area (Å²) in [7, 11) is 0. The van der Waals surface area contributed by atoms with Gasteiger partial charge in [0.15, 0.2) is 6.61 Å². The van der Waals surface area contributed by atoms with Crippen LogP contribution in [0.4, 0.5) is 0 Å². The minimum absolute atomic E-state index is 0.0822. The zero-order valence-corrected chi connectivity index (χ0v) is 19.1. The summed E-state index contributed by atoms with van der Waals surface area (Å²) in [6, 6.07) is 12.1. The van der Waals surface area contributed by atoms with E-state index in [2.05, 4.69) is 73.2 Å². The first-order valence-electron chi connectivity index (χ1n) is 9.43. The Morgan fingerprint density at radius 2 is 1.86 bits per heavy atom. The van der Waals surface area contributed by atoms with Crippen LogP contribution in [0.25, 0.3) is 0 Å². The van der Waals surface area contributed by atoms with Crippen molar-refractivity contribution >= 4 is 28.1 Å². The average molecular weight is 445 g/mol. The lowest BCUT2D eigenvalue weighted by Crippen LogP contribution is -2.25. The van der Waals surface area contributed by atoms with Gasteiger partial charge in [0.1, 0.15) is 5.75 Å². The van der Waals surface area contributed by atoms with Crippen molar-refractivity contribution in [3.05, 3.63) is 63.1 Å². The van der Waals surface area contributed by atoms with Gasteiger partial charge in [0, 0.05) is 4.47 Å². The maximum atomic E-state index is 12.1. The molecule has 0 aliphatic carbocycles. The first kappa shape index (κ1) is 22.2. The molecule has 1 amide bonds. The van der Waals surface area contributed by atoms with E-state index >= 15 is 0 Å². The Labute approximate surface area is 176 Å². The molecule has 0 aliphatic heterocycles. The molecule has 0 unspecified atom stereocenters. The van der Waals surface area contributed by atoms with E-state index in [0.717, 1.165) is 26.9 Å². The molecule has 0 aromatic heterocycles.